The second-order valence-corrected chi connectivity index (χ2v) is 10.4. The third-order valence-electron chi connectivity index (χ3n) is 6.32. The number of fused-ring (bicyclic) bond motifs is 4. The van der Waals surface area contributed by atoms with Crippen molar-refractivity contribution in [2.75, 3.05) is 0 Å². The van der Waals surface area contributed by atoms with Crippen LogP contribution in [0.4, 0.5) is 0 Å². The highest BCUT2D eigenvalue weighted by atomic mass is 31.1. The molecule has 0 saturated heterocycles. The van der Waals surface area contributed by atoms with Crippen LogP contribution >= 0.6 is 7.92 Å². The maximum Gasteiger partial charge on any atom is 0.0736 e. The Labute approximate surface area is 194 Å². The first-order valence-corrected chi connectivity index (χ1v) is 12.5. The molecule has 2 N–H and O–H groups in total. The minimum atomic E-state index is -0.951. The highest BCUT2D eigenvalue weighted by Crippen LogP contribution is 2.50. The minimum absolute atomic E-state index is 0.851. The fourth-order valence-electron chi connectivity index (χ4n) is 4.87. The van der Waals surface area contributed by atoms with Gasteiger partial charge in [-0.3, -0.25) is 4.98 Å². The molecule has 1 aliphatic rings. The number of nitrogens with zero attached hydrogens (tertiary/aromatic N) is 1. The second kappa shape index (κ2) is 7.99. The smallest absolute Gasteiger partial charge is 0.0736 e. The van der Waals surface area contributed by atoms with Gasteiger partial charge in [-0.2, -0.15) is 0 Å². The molecule has 1 unspecified atom stereocenters. The van der Waals surface area contributed by atoms with Gasteiger partial charge in [-0.1, -0.05) is 72.8 Å². The second-order valence-electron chi connectivity index (χ2n) is 8.25. The molecule has 0 spiro atoms. The van der Waals surface area contributed by atoms with Gasteiger partial charge in [-0.15, -0.1) is 0 Å². The number of hydrogen-bond donors (Lipinski definition) is 1. The lowest BCUT2D eigenvalue weighted by atomic mass is 9.99. The van der Waals surface area contributed by atoms with E-state index in [0.29, 0.717) is 0 Å². The van der Waals surface area contributed by atoms with Crippen LogP contribution in [0, 0.1) is 0 Å². The monoisotopic (exact) mass is 442 g/mol. The summed E-state index contributed by atoms with van der Waals surface area (Å²) in [6, 6.07) is 30.6. The van der Waals surface area contributed by atoms with Gasteiger partial charge in [-0.25, -0.2) is 0 Å². The molecular formula is C30H23N2P. The van der Waals surface area contributed by atoms with Gasteiger partial charge in [0.05, 0.1) is 5.44 Å². The van der Waals surface area contributed by atoms with Gasteiger partial charge in [0, 0.05) is 19.6 Å². The summed E-state index contributed by atoms with van der Waals surface area (Å²) in [6.45, 7) is 2.01. The van der Waals surface area contributed by atoms with Crippen molar-refractivity contribution < 1.29 is 0 Å². The molecule has 3 heteroatoms. The van der Waals surface area contributed by atoms with Crippen molar-refractivity contribution in [1.29, 1.82) is 0 Å². The summed E-state index contributed by atoms with van der Waals surface area (Å²) in [7, 11) is -0.951. The molecule has 0 amide bonds. The molecule has 0 radical (unpaired) electrons. The summed E-state index contributed by atoms with van der Waals surface area (Å²) in [5, 5.41) is 6.38. The Morgan fingerprint density at radius 3 is 2.21 bits per heavy atom. The first-order valence-electron chi connectivity index (χ1n) is 11.1. The molecule has 0 aliphatic heterocycles. The molecule has 1 aliphatic carbocycles. The zero-order valence-electron chi connectivity index (χ0n) is 18.4. The number of aromatic nitrogens is 1. The van der Waals surface area contributed by atoms with Crippen LogP contribution in [0.25, 0.3) is 43.8 Å². The Bertz CT molecular complexity index is 1530. The van der Waals surface area contributed by atoms with Crippen molar-refractivity contribution in [2.45, 2.75) is 6.92 Å². The van der Waals surface area contributed by atoms with Crippen molar-refractivity contribution in [3.63, 3.8) is 0 Å². The Kier molecular flexibility index (Phi) is 4.82. The lowest BCUT2D eigenvalue weighted by molar-refractivity contribution is 1.38. The highest BCUT2D eigenvalue weighted by molar-refractivity contribution is 7.76. The Morgan fingerprint density at radius 2 is 1.52 bits per heavy atom. The number of rotatable bonds is 4. The zero-order valence-corrected chi connectivity index (χ0v) is 19.3. The van der Waals surface area contributed by atoms with Gasteiger partial charge in [0.25, 0.3) is 0 Å². The zero-order chi connectivity index (χ0) is 22.4. The molecule has 0 bridgehead atoms. The minimum Gasteiger partial charge on any atom is -0.398 e. The van der Waals surface area contributed by atoms with Crippen LogP contribution < -0.4 is 16.5 Å². The van der Waals surface area contributed by atoms with Crippen LogP contribution in [0.1, 0.15) is 6.92 Å². The van der Waals surface area contributed by atoms with Gasteiger partial charge in [0.15, 0.2) is 0 Å². The summed E-state index contributed by atoms with van der Waals surface area (Å²) in [5.41, 5.74) is 13.8. The van der Waals surface area contributed by atoms with Crippen LogP contribution in [0.5, 0.6) is 0 Å². The summed E-state index contributed by atoms with van der Waals surface area (Å²) in [5.74, 6) is 0. The molecule has 158 valence electrons. The lowest BCUT2D eigenvalue weighted by Gasteiger charge is -2.20. The van der Waals surface area contributed by atoms with E-state index >= 15 is 0 Å². The van der Waals surface area contributed by atoms with Crippen molar-refractivity contribution in [1.82, 2.24) is 4.98 Å². The van der Waals surface area contributed by atoms with E-state index in [9.17, 15) is 0 Å². The van der Waals surface area contributed by atoms with Gasteiger partial charge in [0.2, 0.25) is 0 Å². The van der Waals surface area contributed by atoms with Crippen LogP contribution in [0.15, 0.2) is 115 Å². The maximum absolute atomic E-state index is 6.70. The van der Waals surface area contributed by atoms with Gasteiger partial charge >= 0.3 is 0 Å². The fourth-order valence-corrected chi connectivity index (χ4v) is 6.96. The molecule has 1 atom stereocenters. The molecule has 33 heavy (non-hydrogen) atoms. The molecular weight excluding hydrogens is 419 g/mol. The third kappa shape index (κ3) is 3.18. The molecule has 2 nitrogen and oxygen atoms in total. The van der Waals surface area contributed by atoms with E-state index in [4.69, 9.17) is 10.7 Å². The number of pyridine rings is 1. The summed E-state index contributed by atoms with van der Waals surface area (Å²) in [4.78, 5) is 4.71. The maximum atomic E-state index is 6.70. The van der Waals surface area contributed by atoms with E-state index in [-0.39, 0.29) is 0 Å². The quantitative estimate of drug-likeness (QED) is 0.240. The molecule has 6 rings (SSSR count). The normalized spacial score (nSPS) is 13.7. The standard InChI is InChI=1S/C30H23N2P/c1-2-3-13-28(31)33(29-14-6-7-17-32-29)27-16-15-23-26-19-21-10-5-4-9-20(21)18-25(26)22-11-8-12-24(27)30(22)23/h2-19H,31H2,1H3/b3-2-,28-13+. The van der Waals surface area contributed by atoms with E-state index in [1.54, 1.807) is 0 Å². The molecule has 1 heterocycles. The highest BCUT2D eigenvalue weighted by Gasteiger charge is 2.26. The third-order valence-corrected chi connectivity index (χ3v) is 8.58. The number of nitrogens with two attached hydrogens (primary N) is 1. The van der Waals surface area contributed by atoms with Crippen molar-refractivity contribution in [2.24, 2.45) is 5.73 Å². The summed E-state index contributed by atoms with van der Waals surface area (Å²) >= 11 is 0. The van der Waals surface area contributed by atoms with Gasteiger partial charge in [-0.05, 0) is 86.4 Å². The van der Waals surface area contributed by atoms with E-state index in [1.165, 1.54) is 49.1 Å². The Balaban J connectivity index is 1.63. The lowest BCUT2D eigenvalue weighted by Crippen LogP contribution is -2.19. The molecule has 4 aromatic carbocycles. The Hall–Kier alpha value is -3.74. The number of allylic oxidation sites excluding steroid dienone is 3. The number of hydrogen-bond acceptors (Lipinski definition) is 2. The first kappa shape index (κ1) is 19.9. The average molecular weight is 443 g/mol. The van der Waals surface area contributed by atoms with E-state index in [2.05, 4.69) is 72.8 Å². The van der Waals surface area contributed by atoms with E-state index in [0.717, 1.165) is 10.9 Å². The van der Waals surface area contributed by atoms with E-state index < -0.39 is 7.92 Å². The summed E-state index contributed by atoms with van der Waals surface area (Å²) in [6.07, 6.45) is 7.89. The number of benzene rings is 4. The SMILES string of the molecule is C/C=C\C=C(/N)P(c1ccccn1)c1ccc2c3c(cccc13)-c1cc3ccccc3cc1-2. The van der Waals surface area contributed by atoms with Gasteiger partial charge in [0.1, 0.15) is 0 Å². The molecule has 5 aromatic rings. The average Bonchev–Trinajstić information content (AvgIpc) is 3.17. The van der Waals surface area contributed by atoms with Crippen molar-refractivity contribution in [3.8, 4) is 22.3 Å². The molecule has 0 fully saturated rings. The van der Waals surface area contributed by atoms with Crippen LogP contribution in [0.3, 0.4) is 0 Å². The van der Waals surface area contributed by atoms with Crippen LogP contribution in [0.2, 0.25) is 0 Å². The molecule has 0 saturated carbocycles. The largest absolute Gasteiger partial charge is 0.398 e. The van der Waals surface area contributed by atoms with Crippen LogP contribution in [-0.4, -0.2) is 4.98 Å². The van der Waals surface area contributed by atoms with E-state index in [1.807, 2.05) is 43.5 Å². The first-order chi connectivity index (χ1) is 16.3. The van der Waals surface area contributed by atoms with Crippen LogP contribution in [-0.2, 0) is 0 Å². The van der Waals surface area contributed by atoms with Crippen molar-refractivity contribution >= 4 is 40.2 Å². The summed E-state index contributed by atoms with van der Waals surface area (Å²) < 4.78 is 0. The molecule has 1 aromatic heterocycles. The Morgan fingerprint density at radius 1 is 0.788 bits per heavy atom. The predicted molar refractivity (Wildman–Crippen MR) is 143 cm³/mol. The topological polar surface area (TPSA) is 38.9 Å². The predicted octanol–water partition coefficient (Wildman–Crippen LogP) is 6.84. The van der Waals surface area contributed by atoms with Crippen molar-refractivity contribution in [3.05, 3.63) is 115 Å². The fraction of sp³-hybridized carbons (Fsp3) is 0.0333. The van der Waals surface area contributed by atoms with Gasteiger partial charge < -0.3 is 5.73 Å².